The quantitative estimate of drug-likeness (QED) is 0.818. The summed E-state index contributed by atoms with van der Waals surface area (Å²) in [7, 11) is 0. The van der Waals surface area contributed by atoms with Gasteiger partial charge in [0.1, 0.15) is 11.5 Å². The molecule has 0 radical (unpaired) electrons. The molecule has 106 valence electrons. The number of benzene rings is 1. The standard InChI is InChI=1S/C15H12N2O4/c16-15(20)11-2-4-12(5-3-11)21-13-7-10(8-17-9-13)1-6-14(18)19/h1-9H,(H2,16,20)(H,18,19)/b6-1+. The average Bonchev–Trinajstić information content (AvgIpc) is 2.46. The van der Waals surface area contributed by atoms with Gasteiger partial charge in [0.2, 0.25) is 5.91 Å². The number of carbonyl (C=O) groups is 2. The molecule has 1 heterocycles. The molecule has 1 aromatic heterocycles. The zero-order chi connectivity index (χ0) is 15.2. The first-order valence-electron chi connectivity index (χ1n) is 5.98. The Balaban J connectivity index is 2.14. The van der Waals surface area contributed by atoms with Crippen molar-refractivity contribution < 1.29 is 19.4 Å². The predicted molar refractivity (Wildman–Crippen MR) is 75.9 cm³/mol. The van der Waals surface area contributed by atoms with Gasteiger partial charge in [-0.2, -0.15) is 0 Å². The number of amides is 1. The van der Waals surface area contributed by atoms with E-state index >= 15 is 0 Å². The molecule has 0 atom stereocenters. The molecule has 3 N–H and O–H groups in total. The number of aliphatic carboxylic acids is 1. The third-order valence-electron chi connectivity index (χ3n) is 2.53. The molecule has 21 heavy (non-hydrogen) atoms. The summed E-state index contributed by atoms with van der Waals surface area (Å²) < 4.78 is 5.56. The van der Waals surface area contributed by atoms with Crippen LogP contribution < -0.4 is 10.5 Å². The first-order chi connectivity index (χ1) is 10.0. The third-order valence-corrected chi connectivity index (χ3v) is 2.53. The zero-order valence-corrected chi connectivity index (χ0v) is 10.9. The summed E-state index contributed by atoms with van der Waals surface area (Å²) in [4.78, 5) is 25.4. The second-order valence-corrected chi connectivity index (χ2v) is 4.12. The smallest absolute Gasteiger partial charge is 0.328 e. The van der Waals surface area contributed by atoms with Crippen molar-refractivity contribution in [1.29, 1.82) is 0 Å². The molecule has 0 saturated carbocycles. The maximum atomic E-state index is 11.0. The Hall–Kier alpha value is -3.15. The molecule has 0 fully saturated rings. The third kappa shape index (κ3) is 4.17. The highest BCUT2D eigenvalue weighted by molar-refractivity contribution is 5.92. The minimum absolute atomic E-state index is 0.388. The summed E-state index contributed by atoms with van der Waals surface area (Å²) in [5.41, 5.74) is 6.14. The van der Waals surface area contributed by atoms with E-state index in [0.717, 1.165) is 6.08 Å². The molecule has 6 nitrogen and oxygen atoms in total. The fraction of sp³-hybridized carbons (Fsp3) is 0. The van der Waals surface area contributed by atoms with Crippen molar-refractivity contribution >= 4 is 18.0 Å². The Morgan fingerprint density at radius 3 is 2.48 bits per heavy atom. The van der Waals surface area contributed by atoms with E-state index in [-0.39, 0.29) is 0 Å². The molecular formula is C15H12N2O4. The van der Waals surface area contributed by atoms with E-state index in [9.17, 15) is 9.59 Å². The first kappa shape index (κ1) is 14.3. The van der Waals surface area contributed by atoms with Gasteiger partial charge in [-0.25, -0.2) is 4.79 Å². The van der Waals surface area contributed by atoms with Crippen molar-refractivity contribution in [2.45, 2.75) is 0 Å². The number of nitrogens with two attached hydrogens (primary N) is 1. The highest BCUT2D eigenvalue weighted by atomic mass is 16.5. The van der Waals surface area contributed by atoms with Crippen LogP contribution in [0.3, 0.4) is 0 Å². The van der Waals surface area contributed by atoms with Crippen molar-refractivity contribution in [1.82, 2.24) is 4.98 Å². The van der Waals surface area contributed by atoms with Crippen LogP contribution >= 0.6 is 0 Å². The SMILES string of the molecule is NC(=O)c1ccc(Oc2cncc(/C=C/C(=O)O)c2)cc1. The topological polar surface area (TPSA) is 103 Å². The maximum absolute atomic E-state index is 11.0. The number of ether oxygens (including phenoxy) is 1. The van der Waals surface area contributed by atoms with Gasteiger partial charge in [-0.15, -0.1) is 0 Å². The molecule has 0 bridgehead atoms. The van der Waals surface area contributed by atoms with Crippen molar-refractivity contribution in [3.05, 3.63) is 59.9 Å². The van der Waals surface area contributed by atoms with Gasteiger partial charge in [0.15, 0.2) is 0 Å². The highest BCUT2D eigenvalue weighted by Crippen LogP contribution is 2.22. The largest absolute Gasteiger partial charge is 0.478 e. The molecule has 0 aliphatic carbocycles. The molecule has 0 spiro atoms. The number of carboxylic acids is 1. The lowest BCUT2D eigenvalue weighted by atomic mass is 10.2. The summed E-state index contributed by atoms with van der Waals surface area (Å²) >= 11 is 0. The average molecular weight is 284 g/mol. The monoisotopic (exact) mass is 284 g/mol. The minimum atomic E-state index is -1.04. The lowest BCUT2D eigenvalue weighted by molar-refractivity contribution is -0.131. The molecule has 0 aliphatic heterocycles. The van der Waals surface area contributed by atoms with E-state index in [4.69, 9.17) is 15.6 Å². The summed E-state index contributed by atoms with van der Waals surface area (Å²) in [6, 6.07) is 7.98. The van der Waals surface area contributed by atoms with Gasteiger partial charge in [0, 0.05) is 17.8 Å². The summed E-state index contributed by atoms with van der Waals surface area (Å²) in [5, 5.41) is 8.57. The fourth-order valence-electron chi connectivity index (χ4n) is 1.57. The number of hydrogen-bond donors (Lipinski definition) is 2. The van der Waals surface area contributed by atoms with Crippen LogP contribution in [-0.2, 0) is 4.79 Å². The molecule has 2 aromatic rings. The second-order valence-electron chi connectivity index (χ2n) is 4.12. The Labute approximate surface area is 120 Å². The lowest BCUT2D eigenvalue weighted by Crippen LogP contribution is -2.10. The normalized spacial score (nSPS) is 10.5. The molecule has 1 aromatic carbocycles. The summed E-state index contributed by atoms with van der Waals surface area (Å²) in [5.74, 6) is -0.581. The minimum Gasteiger partial charge on any atom is -0.478 e. The van der Waals surface area contributed by atoms with E-state index in [1.165, 1.54) is 18.5 Å². The first-order valence-corrected chi connectivity index (χ1v) is 5.98. The molecular weight excluding hydrogens is 272 g/mol. The Morgan fingerprint density at radius 1 is 1.14 bits per heavy atom. The molecule has 1 amide bonds. The van der Waals surface area contributed by atoms with Crippen molar-refractivity contribution in [3.8, 4) is 11.5 Å². The number of pyridine rings is 1. The second kappa shape index (κ2) is 6.33. The van der Waals surface area contributed by atoms with Crippen molar-refractivity contribution in [2.24, 2.45) is 5.73 Å². The maximum Gasteiger partial charge on any atom is 0.328 e. The summed E-state index contributed by atoms with van der Waals surface area (Å²) in [6.07, 6.45) is 5.45. The Kier molecular flexibility index (Phi) is 4.30. The van der Waals surface area contributed by atoms with Crippen LogP contribution in [0.4, 0.5) is 0 Å². The van der Waals surface area contributed by atoms with E-state index in [2.05, 4.69) is 4.98 Å². The van der Waals surface area contributed by atoms with E-state index in [0.29, 0.717) is 22.6 Å². The van der Waals surface area contributed by atoms with Gasteiger partial charge >= 0.3 is 5.97 Å². The molecule has 0 aliphatic rings. The van der Waals surface area contributed by atoms with Crippen LogP contribution in [0.2, 0.25) is 0 Å². The van der Waals surface area contributed by atoms with Crippen LogP contribution in [-0.4, -0.2) is 22.0 Å². The lowest BCUT2D eigenvalue weighted by Gasteiger charge is -2.06. The van der Waals surface area contributed by atoms with Crippen LogP contribution in [0.1, 0.15) is 15.9 Å². The fourth-order valence-corrected chi connectivity index (χ4v) is 1.57. The van der Waals surface area contributed by atoms with E-state index in [1.54, 1.807) is 30.3 Å². The number of rotatable bonds is 5. The van der Waals surface area contributed by atoms with Crippen LogP contribution in [0.25, 0.3) is 6.08 Å². The number of carbonyl (C=O) groups excluding carboxylic acids is 1. The van der Waals surface area contributed by atoms with Crippen LogP contribution in [0.5, 0.6) is 11.5 Å². The number of nitrogens with zero attached hydrogens (tertiary/aromatic N) is 1. The number of primary amides is 1. The van der Waals surface area contributed by atoms with Crippen LogP contribution in [0, 0.1) is 0 Å². The number of aromatic nitrogens is 1. The highest BCUT2D eigenvalue weighted by Gasteiger charge is 2.02. The van der Waals surface area contributed by atoms with Gasteiger partial charge < -0.3 is 15.6 Å². The number of carboxylic acid groups (broad SMARTS) is 1. The Bertz CT molecular complexity index is 693. The van der Waals surface area contributed by atoms with Gasteiger partial charge in [-0.05, 0) is 42.0 Å². The van der Waals surface area contributed by atoms with Crippen molar-refractivity contribution in [2.75, 3.05) is 0 Å². The van der Waals surface area contributed by atoms with Gasteiger partial charge in [0.25, 0.3) is 0 Å². The summed E-state index contributed by atoms with van der Waals surface area (Å²) in [6.45, 7) is 0. The van der Waals surface area contributed by atoms with Crippen LogP contribution in [0.15, 0.2) is 48.8 Å². The molecule has 6 heteroatoms. The van der Waals surface area contributed by atoms with Gasteiger partial charge in [0.05, 0.1) is 6.20 Å². The van der Waals surface area contributed by atoms with Gasteiger partial charge in [-0.3, -0.25) is 9.78 Å². The molecule has 0 unspecified atom stereocenters. The van der Waals surface area contributed by atoms with E-state index < -0.39 is 11.9 Å². The predicted octanol–water partition coefficient (Wildman–Crippen LogP) is 2.07. The van der Waals surface area contributed by atoms with E-state index in [1.807, 2.05) is 0 Å². The molecule has 2 rings (SSSR count). The molecule has 0 saturated heterocycles. The number of hydrogen-bond acceptors (Lipinski definition) is 4. The zero-order valence-electron chi connectivity index (χ0n) is 10.9. The Morgan fingerprint density at radius 2 is 1.86 bits per heavy atom. The van der Waals surface area contributed by atoms with Crippen molar-refractivity contribution in [3.63, 3.8) is 0 Å². The van der Waals surface area contributed by atoms with Gasteiger partial charge in [-0.1, -0.05) is 0 Å².